The van der Waals surface area contributed by atoms with Crippen molar-refractivity contribution in [3.63, 3.8) is 0 Å². The maximum atomic E-state index is 12.1. The van der Waals surface area contributed by atoms with Gasteiger partial charge in [0, 0.05) is 34.4 Å². The zero-order valence-electron chi connectivity index (χ0n) is 11.8. The lowest BCUT2D eigenvalue weighted by molar-refractivity contribution is -0.122. The highest BCUT2D eigenvalue weighted by atomic mass is 79.9. The quantitative estimate of drug-likeness (QED) is 0.878. The van der Waals surface area contributed by atoms with Gasteiger partial charge in [-0.05, 0) is 37.0 Å². The highest BCUT2D eigenvalue weighted by Gasteiger charge is 2.43. The summed E-state index contributed by atoms with van der Waals surface area (Å²) in [6.45, 7) is 2.67. The van der Waals surface area contributed by atoms with Crippen molar-refractivity contribution in [2.45, 2.75) is 25.7 Å². The van der Waals surface area contributed by atoms with Crippen LogP contribution in [0.2, 0.25) is 0 Å². The van der Waals surface area contributed by atoms with E-state index in [-0.39, 0.29) is 11.8 Å². The molecule has 21 heavy (non-hydrogen) atoms. The van der Waals surface area contributed by atoms with Gasteiger partial charge in [0.05, 0.1) is 5.01 Å². The lowest BCUT2D eigenvalue weighted by Gasteiger charge is -2.04. The number of hydrogen-bond acceptors (Lipinski definition) is 3. The first-order chi connectivity index (χ1) is 10.1. The number of carbonyl (C=O) groups excluding carboxylic acids is 1. The van der Waals surface area contributed by atoms with E-state index in [2.05, 4.69) is 38.4 Å². The van der Waals surface area contributed by atoms with E-state index in [1.165, 1.54) is 5.56 Å². The van der Waals surface area contributed by atoms with Gasteiger partial charge < -0.3 is 5.32 Å². The monoisotopic (exact) mass is 364 g/mol. The summed E-state index contributed by atoms with van der Waals surface area (Å²) >= 11 is 5.09. The third kappa shape index (κ3) is 3.71. The highest BCUT2D eigenvalue weighted by molar-refractivity contribution is 9.10. The summed E-state index contributed by atoms with van der Waals surface area (Å²) in [5, 5.41) is 6.17. The molecule has 1 amide bonds. The number of nitrogens with one attached hydrogen (secondary N) is 1. The fourth-order valence-corrected chi connectivity index (χ4v) is 3.54. The van der Waals surface area contributed by atoms with Gasteiger partial charge in [-0.25, -0.2) is 4.98 Å². The molecular formula is C16H17BrN2OS. The molecule has 3 rings (SSSR count). The van der Waals surface area contributed by atoms with Gasteiger partial charge in [0.15, 0.2) is 0 Å². The van der Waals surface area contributed by atoms with Gasteiger partial charge in [0.1, 0.15) is 0 Å². The van der Waals surface area contributed by atoms with Gasteiger partial charge in [0.25, 0.3) is 0 Å². The molecule has 3 nitrogen and oxygen atoms in total. The number of thiazole rings is 1. The van der Waals surface area contributed by atoms with Crippen LogP contribution in [0.5, 0.6) is 0 Å². The summed E-state index contributed by atoms with van der Waals surface area (Å²) in [6, 6.07) is 8.27. The Morgan fingerprint density at radius 2 is 2.19 bits per heavy atom. The van der Waals surface area contributed by atoms with Crippen LogP contribution in [-0.4, -0.2) is 17.4 Å². The third-order valence-electron chi connectivity index (χ3n) is 3.73. The molecule has 0 radical (unpaired) electrons. The Labute approximate surface area is 136 Å². The number of nitrogens with zero attached hydrogens (tertiary/aromatic N) is 1. The lowest BCUT2D eigenvalue weighted by Crippen LogP contribution is -2.27. The maximum absolute atomic E-state index is 12.1. The van der Waals surface area contributed by atoms with Crippen LogP contribution in [0.4, 0.5) is 0 Å². The van der Waals surface area contributed by atoms with E-state index in [0.717, 1.165) is 28.0 Å². The molecule has 1 aliphatic rings. The second kappa shape index (κ2) is 6.28. The molecule has 2 atom stereocenters. The number of amides is 1. The normalized spacial score (nSPS) is 20.3. The van der Waals surface area contributed by atoms with Gasteiger partial charge in [-0.15, -0.1) is 11.3 Å². The van der Waals surface area contributed by atoms with Gasteiger partial charge >= 0.3 is 0 Å². The summed E-state index contributed by atoms with van der Waals surface area (Å²) in [5.41, 5.74) is 2.31. The van der Waals surface area contributed by atoms with Gasteiger partial charge in [-0.2, -0.15) is 0 Å². The predicted octanol–water partition coefficient (Wildman–Crippen LogP) is 3.68. The molecule has 1 aromatic carbocycles. The third-order valence-corrected chi connectivity index (χ3v) is 5.29. The smallest absolute Gasteiger partial charge is 0.223 e. The van der Waals surface area contributed by atoms with Crippen LogP contribution in [0.1, 0.15) is 28.6 Å². The number of rotatable bonds is 5. The molecule has 0 aliphatic heterocycles. The second-order valence-electron chi connectivity index (χ2n) is 5.42. The van der Waals surface area contributed by atoms with E-state index >= 15 is 0 Å². The van der Waals surface area contributed by atoms with Crippen LogP contribution in [0, 0.1) is 12.8 Å². The van der Waals surface area contributed by atoms with Crippen LogP contribution < -0.4 is 5.32 Å². The van der Waals surface area contributed by atoms with Gasteiger partial charge in [-0.1, -0.05) is 28.1 Å². The molecule has 2 aromatic rings. The summed E-state index contributed by atoms with van der Waals surface area (Å²) in [7, 11) is 0. The lowest BCUT2D eigenvalue weighted by atomic mass is 10.1. The Bertz CT molecular complexity index is 638. The first kappa shape index (κ1) is 14.7. The number of aryl methyl sites for hydroxylation is 1. The molecule has 0 unspecified atom stereocenters. The van der Waals surface area contributed by atoms with E-state index in [0.29, 0.717) is 12.5 Å². The zero-order chi connectivity index (χ0) is 14.8. The minimum absolute atomic E-state index is 0.143. The van der Waals surface area contributed by atoms with E-state index in [1.807, 2.05) is 24.4 Å². The Morgan fingerprint density at radius 1 is 1.43 bits per heavy atom. The fraction of sp³-hybridized carbons (Fsp3) is 0.375. The van der Waals surface area contributed by atoms with Gasteiger partial charge in [-0.3, -0.25) is 4.79 Å². The molecule has 1 heterocycles. The van der Waals surface area contributed by atoms with Crippen molar-refractivity contribution in [3.8, 4) is 0 Å². The van der Waals surface area contributed by atoms with Crippen LogP contribution in [0.25, 0.3) is 0 Å². The van der Waals surface area contributed by atoms with Crippen molar-refractivity contribution < 1.29 is 4.79 Å². The molecule has 0 bridgehead atoms. The summed E-state index contributed by atoms with van der Waals surface area (Å²) in [6.07, 6.45) is 1.78. The first-order valence-electron chi connectivity index (χ1n) is 7.07. The predicted molar refractivity (Wildman–Crippen MR) is 88.6 cm³/mol. The number of aromatic nitrogens is 1. The van der Waals surface area contributed by atoms with Crippen LogP contribution in [-0.2, 0) is 11.2 Å². The average molecular weight is 365 g/mol. The standard InChI is InChI=1S/C16H17BrN2OS/c1-10-9-21-15(19-10)6-7-18-16(20)14-8-13(14)11-2-4-12(17)5-3-11/h2-5,9,13-14H,6-8H2,1H3,(H,18,20)/t13-,14-/m1/s1. The fourth-order valence-electron chi connectivity index (χ4n) is 2.50. The maximum Gasteiger partial charge on any atom is 0.223 e. The number of halogens is 1. The number of benzene rings is 1. The molecule has 1 saturated carbocycles. The SMILES string of the molecule is Cc1csc(CCNC(=O)[C@@H]2C[C@@H]2c2ccc(Br)cc2)n1. The van der Waals surface area contributed by atoms with Crippen molar-refractivity contribution in [2.24, 2.45) is 5.92 Å². The summed E-state index contributed by atoms with van der Waals surface area (Å²) < 4.78 is 1.08. The molecule has 0 spiro atoms. The van der Waals surface area contributed by atoms with E-state index in [4.69, 9.17) is 0 Å². The second-order valence-corrected chi connectivity index (χ2v) is 7.28. The molecule has 0 saturated heterocycles. The van der Waals surface area contributed by atoms with E-state index in [9.17, 15) is 4.79 Å². The Balaban J connectivity index is 1.46. The van der Waals surface area contributed by atoms with Crippen molar-refractivity contribution in [1.29, 1.82) is 0 Å². The van der Waals surface area contributed by atoms with Crippen LogP contribution in [0.15, 0.2) is 34.1 Å². The molecule has 1 aliphatic carbocycles. The van der Waals surface area contributed by atoms with Crippen LogP contribution >= 0.6 is 27.3 Å². The molecule has 1 aromatic heterocycles. The Morgan fingerprint density at radius 3 is 2.86 bits per heavy atom. The number of hydrogen-bond donors (Lipinski definition) is 1. The molecular weight excluding hydrogens is 348 g/mol. The highest BCUT2D eigenvalue weighted by Crippen LogP contribution is 2.47. The van der Waals surface area contributed by atoms with Crippen molar-refractivity contribution in [3.05, 3.63) is 50.4 Å². The first-order valence-corrected chi connectivity index (χ1v) is 8.75. The van der Waals surface area contributed by atoms with Gasteiger partial charge in [0.2, 0.25) is 5.91 Å². The molecule has 110 valence electrons. The largest absolute Gasteiger partial charge is 0.355 e. The average Bonchev–Trinajstić information content (AvgIpc) is 3.16. The Kier molecular flexibility index (Phi) is 4.40. The van der Waals surface area contributed by atoms with Crippen molar-refractivity contribution in [1.82, 2.24) is 10.3 Å². The Hall–Kier alpha value is -1.20. The van der Waals surface area contributed by atoms with Crippen molar-refractivity contribution in [2.75, 3.05) is 6.54 Å². The van der Waals surface area contributed by atoms with E-state index < -0.39 is 0 Å². The molecule has 1 fully saturated rings. The minimum atomic E-state index is 0.143. The molecule has 5 heteroatoms. The summed E-state index contributed by atoms with van der Waals surface area (Å²) in [5.74, 6) is 0.709. The van der Waals surface area contributed by atoms with Crippen LogP contribution in [0.3, 0.4) is 0 Å². The molecule has 1 N–H and O–H groups in total. The van der Waals surface area contributed by atoms with E-state index in [1.54, 1.807) is 11.3 Å². The summed E-state index contributed by atoms with van der Waals surface area (Å²) in [4.78, 5) is 16.5. The minimum Gasteiger partial charge on any atom is -0.355 e. The van der Waals surface area contributed by atoms with Crippen molar-refractivity contribution >= 4 is 33.2 Å². The topological polar surface area (TPSA) is 42.0 Å². The zero-order valence-corrected chi connectivity index (χ0v) is 14.2. The number of carbonyl (C=O) groups is 1.